The van der Waals surface area contributed by atoms with Crippen molar-refractivity contribution >= 4 is 17.4 Å². The number of hydrogen-bond acceptors (Lipinski definition) is 2. The van der Waals surface area contributed by atoms with Gasteiger partial charge in [0.2, 0.25) is 0 Å². The van der Waals surface area contributed by atoms with Crippen LogP contribution in [-0.2, 0) is 4.74 Å². The van der Waals surface area contributed by atoms with Crippen LogP contribution < -0.4 is 0 Å². The van der Waals surface area contributed by atoms with Gasteiger partial charge < -0.3 is 4.74 Å². The van der Waals surface area contributed by atoms with Crippen LogP contribution in [0.2, 0.25) is 0 Å². The molecule has 0 saturated heterocycles. The van der Waals surface area contributed by atoms with E-state index in [-0.39, 0.29) is 0 Å². The molecular weight excluding hydrogens is 144 g/mol. The molecule has 0 aliphatic carbocycles. The van der Waals surface area contributed by atoms with Crippen molar-refractivity contribution < 1.29 is 4.74 Å². The van der Waals surface area contributed by atoms with Crippen molar-refractivity contribution in [2.45, 2.75) is 6.92 Å². The van der Waals surface area contributed by atoms with Crippen molar-refractivity contribution in [3.8, 4) is 0 Å². The summed E-state index contributed by atoms with van der Waals surface area (Å²) >= 11 is 1.72. The standard InChI is InChI=1S/C8H10OS/c1-7-4-6-10-8(7)3-5-9-2/h3-6H,1-2H3/b5-3+. The lowest BCUT2D eigenvalue weighted by Crippen LogP contribution is -1.68. The molecule has 54 valence electrons. The van der Waals surface area contributed by atoms with Crippen LogP contribution in [0.15, 0.2) is 17.7 Å². The minimum atomic E-state index is 1.27. The maximum Gasteiger partial charge on any atom is 0.0838 e. The molecule has 0 aliphatic rings. The maximum absolute atomic E-state index is 4.80. The highest BCUT2D eigenvalue weighted by Crippen LogP contribution is 2.16. The first-order chi connectivity index (χ1) is 4.84. The minimum absolute atomic E-state index is 1.27. The van der Waals surface area contributed by atoms with Gasteiger partial charge in [0.05, 0.1) is 13.4 Å². The number of thiophene rings is 1. The Morgan fingerprint density at radius 3 is 2.90 bits per heavy atom. The summed E-state index contributed by atoms with van der Waals surface area (Å²) in [5.74, 6) is 0. The molecule has 10 heavy (non-hydrogen) atoms. The van der Waals surface area contributed by atoms with E-state index in [1.807, 2.05) is 6.08 Å². The zero-order valence-corrected chi connectivity index (χ0v) is 6.94. The molecule has 1 nitrogen and oxygen atoms in total. The van der Waals surface area contributed by atoms with Crippen molar-refractivity contribution in [3.63, 3.8) is 0 Å². The lowest BCUT2D eigenvalue weighted by molar-refractivity contribution is 0.341. The smallest absolute Gasteiger partial charge is 0.0838 e. The molecule has 0 unspecified atom stereocenters. The Bertz CT molecular complexity index is 225. The summed E-state index contributed by atoms with van der Waals surface area (Å²) in [4.78, 5) is 1.27. The van der Waals surface area contributed by atoms with Crippen LogP contribution in [-0.4, -0.2) is 7.11 Å². The molecule has 0 amide bonds. The topological polar surface area (TPSA) is 9.23 Å². The van der Waals surface area contributed by atoms with Gasteiger partial charge in [-0.2, -0.15) is 0 Å². The van der Waals surface area contributed by atoms with E-state index in [1.165, 1.54) is 10.4 Å². The highest BCUT2D eigenvalue weighted by atomic mass is 32.1. The van der Waals surface area contributed by atoms with Crippen LogP contribution in [0, 0.1) is 6.92 Å². The second-order valence-electron chi connectivity index (χ2n) is 2.01. The Hall–Kier alpha value is -0.760. The van der Waals surface area contributed by atoms with Gasteiger partial charge in [0.15, 0.2) is 0 Å². The average molecular weight is 154 g/mol. The number of rotatable bonds is 2. The van der Waals surface area contributed by atoms with Crippen molar-refractivity contribution in [1.82, 2.24) is 0 Å². The fourth-order valence-electron chi connectivity index (χ4n) is 0.685. The van der Waals surface area contributed by atoms with Gasteiger partial charge in [0.1, 0.15) is 0 Å². The van der Waals surface area contributed by atoms with E-state index in [0.29, 0.717) is 0 Å². The van der Waals surface area contributed by atoms with E-state index >= 15 is 0 Å². The Morgan fingerprint density at radius 2 is 2.40 bits per heavy atom. The molecular formula is C8H10OS. The summed E-state index contributed by atoms with van der Waals surface area (Å²) in [6.07, 6.45) is 3.67. The van der Waals surface area contributed by atoms with Gasteiger partial charge in [-0.15, -0.1) is 11.3 Å². The van der Waals surface area contributed by atoms with Gasteiger partial charge in [0.25, 0.3) is 0 Å². The molecule has 0 bridgehead atoms. The van der Waals surface area contributed by atoms with E-state index < -0.39 is 0 Å². The summed E-state index contributed by atoms with van der Waals surface area (Å²) in [5, 5.41) is 2.07. The molecule has 1 heterocycles. The van der Waals surface area contributed by atoms with E-state index in [4.69, 9.17) is 4.74 Å². The Balaban J connectivity index is 2.74. The molecule has 0 aromatic carbocycles. The third-order valence-electron chi connectivity index (χ3n) is 1.26. The van der Waals surface area contributed by atoms with E-state index in [1.54, 1.807) is 24.7 Å². The third kappa shape index (κ3) is 1.61. The molecule has 0 spiro atoms. The van der Waals surface area contributed by atoms with Gasteiger partial charge in [-0.3, -0.25) is 0 Å². The van der Waals surface area contributed by atoms with Crippen LogP contribution in [0.25, 0.3) is 6.08 Å². The predicted molar refractivity (Wildman–Crippen MR) is 45.1 cm³/mol. The first-order valence-corrected chi connectivity index (χ1v) is 3.96. The summed E-state index contributed by atoms with van der Waals surface area (Å²) in [7, 11) is 1.65. The quantitative estimate of drug-likeness (QED) is 0.595. The fraction of sp³-hybridized carbons (Fsp3) is 0.250. The molecule has 1 rings (SSSR count). The number of ether oxygens (including phenoxy) is 1. The molecule has 2 heteroatoms. The van der Waals surface area contributed by atoms with E-state index in [2.05, 4.69) is 18.4 Å². The van der Waals surface area contributed by atoms with Crippen molar-refractivity contribution in [2.75, 3.05) is 7.11 Å². The van der Waals surface area contributed by atoms with Gasteiger partial charge in [-0.1, -0.05) is 0 Å². The number of hydrogen-bond donors (Lipinski definition) is 0. The Kier molecular flexibility index (Phi) is 2.51. The summed E-state index contributed by atoms with van der Waals surface area (Å²) in [6, 6.07) is 2.10. The number of methoxy groups -OCH3 is 1. The largest absolute Gasteiger partial charge is 0.504 e. The number of aryl methyl sites for hydroxylation is 1. The molecule has 0 atom stereocenters. The zero-order chi connectivity index (χ0) is 7.40. The molecule has 0 aliphatic heterocycles. The van der Waals surface area contributed by atoms with Crippen molar-refractivity contribution in [1.29, 1.82) is 0 Å². The lowest BCUT2D eigenvalue weighted by atomic mass is 10.3. The monoisotopic (exact) mass is 154 g/mol. The van der Waals surface area contributed by atoms with Crippen LogP contribution in [0.4, 0.5) is 0 Å². The van der Waals surface area contributed by atoms with Gasteiger partial charge in [-0.25, -0.2) is 0 Å². The Labute approximate surface area is 65.0 Å². The van der Waals surface area contributed by atoms with Crippen LogP contribution in [0.3, 0.4) is 0 Å². The molecule has 0 fully saturated rings. The zero-order valence-electron chi connectivity index (χ0n) is 6.13. The molecule has 1 aromatic heterocycles. The van der Waals surface area contributed by atoms with E-state index in [0.717, 1.165) is 0 Å². The average Bonchev–Trinajstić information content (AvgIpc) is 2.31. The maximum atomic E-state index is 4.80. The SMILES string of the molecule is CO/C=C/c1sccc1C. The summed E-state index contributed by atoms with van der Waals surface area (Å²) in [5.41, 5.74) is 1.30. The van der Waals surface area contributed by atoms with Crippen LogP contribution in [0.5, 0.6) is 0 Å². The molecule has 0 saturated carbocycles. The predicted octanol–water partition coefficient (Wildman–Crippen LogP) is 2.67. The molecule has 0 radical (unpaired) electrons. The highest BCUT2D eigenvalue weighted by molar-refractivity contribution is 7.11. The van der Waals surface area contributed by atoms with Crippen molar-refractivity contribution in [2.24, 2.45) is 0 Å². The first kappa shape index (κ1) is 7.35. The Morgan fingerprint density at radius 1 is 1.60 bits per heavy atom. The third-order valence-corrected chi connectivity index (χ3v) is 2.24. The molecule has 1 aromatic rings. The second kappa shape index (κ2) is 3.42. The minimum Gasteiger partial charge on any atom is -0.504 e. The van der Waals surface area contributed by atoms with Gasteiger partial charge in [-0.05, 0) is 30.0 Å². The lowest BCUT2D eigenvalue weighted by Gasteiger charge is -1.88. The van der Waals surface area contributed by atoms with Crippen molar-refractivity contribution in [3.05, 3.63) is 28.1 Å². The van der Waals surface area contributed by atoms with Gasteiger partial charge in [0, 0.05) is 4.88 Å². The molecule has 0 N–H and O–H groups in total. The summed E-state index contributed by atoms with van der Waals surface area (Å²) < 4.78 is 4.80. The summed E-state index contributed by atoms with van der Waals surface area (Å²) in [6.45, 7) is 2.09. The van der Waals surface area contributed by atoms with Crippen LogP contribution in [0.1, 0.15) is 10.4 Å². The van der Waals surface area contributed by atoms with Crippen LogP contribution >= 0.6 is 11.3 Å². The second-order valence-corrected chi connectivity index (χ2v) is 2.95. The fourth-order valence-corrected chi connectivity index (χ4v) is 1.49. The highest BCUT2D eigenvalue weighted by Gasteiger charge is 1.92. The van der Waals surface area contributed by atoms with Gasteiger partial charge >= 0.3 is 0 Å². The normalized spacial score (nSPS) is 10.6. The first-order valence-electron chi connectivity index (χ1n) is 3.08. The van der Waals surface area contributed by atoms with E-state index in [9.17, 15) is 0 Å².